The zero-order chi connectivity index (χ0) is 16.4. The van der Waals surface area contributed by atoms with E-state index in [-0.39, 0.29) is 41.7 Å². The average Bonchev–Trinajstić information content (AvgIpc) is 2.84. The van der Waals surface area contributed by atoms with Crippen molar-refractivity contribution in [3.8, 4) is 0 Å². The summed E-state index contributed by atoms with van der Waals surface area (Å²) < 4.78 is 22.8. The first-order chi connectivity index (χ1) is 10.9. The third-order valence-corrected chi connectivity index (χ3v) is 6.20. The van der Waals surface area contributed by atoms with Gasteiger partial charge in [-0.25, -0.2) is 8.42 Å². The van der Waals surface area contributed by atoms with E-state index >= 15 is 0 Å². The van der Waals surface area contributed by atoms with Crippen LogP contribution in [0, 0.1) is 5.92 Å². The molecule has 7 heteroatoms. The fourth-order valence-corrected chi connectivity index (χ4v) is 4.83. The number of anilines is 1. The second-order valence-electron chi connectivity index (χ2n) is 6.25. The number of fused-ring (bicyclic) bond motifs is 1. The van der Waals surface area contributed by atoms with Crippen molar-refractivity contribution in [2.75, 3.05) is 16.8 Å². The maximum Gasteiger partial charge on any atom is 0.227 e. The molecule has 1 saturated heterocycles. The van der Waals surface area contributed by atoms with Crippen LogP contribution in [0.15, 0.2) is 24.3 Å². The highest BCUT2D eigenvalue weighted by Gasteiger charge is 2.30. The normalized spacial score (nSPS) is 25.5. The summed E-state index contributed by atoms with van der Waals surface area (Å²) in [4.78, 5) is 24.0. The van der Waals surface area contributed by atoms with Gasteiger partial charge >= 0.3 is 0 Å². The molecule has 2 amide bonds. The van der Waals surface area contributed by atoms with Gasteiger partial charge in [-0.15, -0.1) is 0 Å². The lowest BCUT2D eigenvalue weighted by Crippen LogP contribution is -2.36. The highest BCUT2D eigenvalue weighted by atomic mass is 32.2. The summed E-state index contributed by atoms with van der Waals surface area (Å²) >= 11 is 0. The number of amides is 2. The number of rotatable bonds is 4. The zero-order valence-electron chi connectivity index (χ0n) is 12.7. The maximum absolute atomic E-state index is 12.1. The van der Waals surface area contributed by atoms with Gasteiger partial charge in [0, 0.05) is 24.1 Å². The van der Waals surface area contributed by atoms with E-state index in [1.54, 1.807) is 0 Å². The quantitative estimate of drug-likeness (QED) is 0.854. The van der Waals surface area contributed by atoms with Crippen LogP contribution in [0.5, 0.6) is 0 Å². The first-order valence-electron chi connectivity index (χ1n) is 7.81. The molecule has 6 nitrogen and oxygen atoms in total. The zero-order valence-corrected chi connectivity index (χ0v) is 13.6. The summed E-state index contributed by atoms with van der Waals surface area (Å²) in [6, 6.07) is 7.37. The molecule has 0 radical (unpaired) electrons. The molecule has 1 fully saturated rings. The lowest BCUT2D eigenvalue weighted by Gasteiger charge is -2.24. The van der Waals surface area contributed by atoms with Crippen molar-refractivity contribution >= 4 is 27.3 Å². The third-order valence-electron chi connectivity index (χ3n) is 4.43. The summed E-state index contributed by atoms with van der Waals surface area (Å²) in [5, 5.41) is 5.63. The number of carbonyl (C=O) groups is 2. The minimum absolute atomic E-state index is 0.0238. The van der Waals surface area contributed by atoms with Crippen LogP contribution in [-0.4, -0.2) is 37.8 Å². The van der Waals surface area contributed by atoms with Crippen LogP contribution in [-0.2, 0) is 25.8 Å². The van der Waals surface area contributed by atoms with Crippen molar-refractivity contribution in [2.45, 2.75) is 31.7 Å². The number of carbonyl (C=O) groups excluding carboxylic acids is 2. The summed E-state index contributed by atoms with van der Waals surface area (Å²) in [6.45, 7) is 0. The van der Waals surface area contributed by atoms with Crippen LogP contribution in [0.3, 0.4) is 0 Å². The van der Waals surface area contributed by atoms with Gasteiger partial charge in [-0.1, -0.05) is 18.2 Å². The second-order valence-corrected chi connectivity index (χ2v) is 8.48. The molecular formula is C16H20N2O4S. The lowest BCUT2D eigenvalue weighted by molar-refractivity contribution is -0.123. The maximum atomic E-state index is 12.1. The van der Waals surface area contributed by atoms with E-state index in [0.29, 0.717) is 19.3 Å². The summed E-state index contributed by atoms with van der Waals surface area (Å²) in [5.41, 5.74) is 1.92. The van der Waals surface area contributed by atoms with E-state index in [2.05, 4.69) is 10.6 Å². The summed E-state index contributed by atoms with van der Waals surface area (Å²) in [5.74, 6) is -0.294. The Hall–Kier alpha value is -1.89. The Balaban J connectivity index is 1.51. The van der Waals surface area contributed by atoms with Gasteiger partial charge in [-0.3, -0.25) is 9.59 Å². The molecule has 2 atom stereocenters. The predicted molar refractivity (Wildman–Crippen MR) is 86.7 cm³/mol. The van der Waals surface area contributed by atoms with Crippen LogP contribution in [0.1, 0.15) is 24.8 Å². The molecule has 23 heavy (non-hydrogen) atoms. The van der Waals surface area contributed by atoms with Gasteiger partial charge in [0.2, 0.25) is 11.8 Å². The van der Waals surface area contributed by atoms with E-state index in [0.717, 1.165) is 11.3 Å². The SMILES string of the molecule is O=C(CC[C@H]1Cc2ccccc2NC1=O)N[C@H]1CCS(=O)(=O)C1. The molecule has 2 aliphatic heterocycles. The van der Waals surface area contributed by atoms with E-state index in [9.17, 15) is 18.0 Å². The Bertz CT molecular complexity index is 729. The minimum Gasteiger partial charge on any atom is -0.352 e. The van der Waals surface area contributed by atoms with Crippen molar-refractivity contribution in [1.82, 2.24) is 5.32 Å². The molecule has 124 valence electrons. The van der Waals surface area contributed by atoms with Crippen LogP contribution in [0.2, 0.25) is 0 Å². The number of nitrogens with one attached hydrogen (secondary N) is 2. The molecule has 0 aromatic heterocycles. The highest BCUT2D eigenvalue weighted by Crippen LogP contribution is 2.27. The Kier molecular flexibility index (Phi) is 4.39. The van der Waals surface area contributed by atoms with Gasteiger partial charge < -0.3 is 10.6 Å². The fraction of sp³-hybridized carbons (Fsp3) is 0.500. The van der Waals surface area contributed by atoms with Crippen LogP contribution in [0.25, 0.3) is 0 Å². The minimum atomic E-state index is -3.00. The smallest absolute Gasteiger partial charge is 0.227 e. The molecule has 3 rings (SSSR count). The molecular weight excluding hydrogens is 316 g/mol. The monoisotopic (exact) mass is 336 g/mol. The van der Waals surface area contributed by atoms with Crippen molar-refractivity contribution in [3.05, 3.63) is 29.8 Å². The average molecular weight is 336 g/mol. The van der Waals surface area contributed by atoms with Crippen LogP contribution < -0.4 is 10.6 Å². The first kappa shape index (κ1) is 16.0. The topological polar surface area (TPSA) is 92.3 Å². The van der Waals surface area contributed by atoms with E-state index in [4.69, 9.17) is 0 Å². The molecule has 0 unspecified atom stereocenters. The molecule has 2 aliphatic rings. The highest BCUT2D eigenvalue weighted by molar-refractivity contribution is 7.91. The van der Waals surface area contributed by atoms with Crippen molar-refractivity contribution < 1.29 is 18.0 Å². The van der Waals surface area contributed by atoms with Gasteiger partial charge in [-0.2, -0.15) is 0 Å². The predicted octanol–water partition coefficient (Wildman–Crippen LogP) is 0.881. The number of hydrogen-bond donors (Lipinski definition) is 2. The lowest BCUT2D eigenvalue weighted by atomic mass is 9.89. The first-order valence-corrected chi connectivity index (χ1v) is 9.64. The Morgan fingerprint density at radius 1 is 1.30 bits per heavy atom. The number of sulfone groups is 1. The Morgan fingerprint density at radius 3 is 2.83 bits per heavy atom. The van der Waals surface area contributed by atoms with Gasteiger partial charge in [0.15, 0.2) is 9.84 Å². The number of para-hydroxylation sites is 1. The molecule has 0 bridgehead atoms. The van der Waals surface area contributed by atoms with E-state index < -0.39 is 9.84 Å². The fourth-order valence-electron chi connectivity index (χ4n) is 3.16. The van der Waals surface area contributed by atoms with Gasteiger partial charge in [-0.05, 0) is 30.9 Å². The second kappa shape index (κ2) is 6.31. The van der Waals surface area contributed by atoms with Crippen molar-refractivity contribution in [1.29, 1.82) is 0 Å². The summed E-state index contributed by atoms with van der Waals surface area (Å²) in [6.07, 6.45) is 1.81. The molecule has 2 heterocycles. The van der Waals surface area contributed by atoms with Gasteiger partial charge in [0.1, 0.15) is 0 Å². The molecule has 1 aromatic carbocycles. The van der Waals surface area contributed by atoms with Crippen LogP contribution in [0.4, 0.5) is 5.69 Å². The van der Waals surface area contributed by atoms with Crippen LogP contribution >= 0.6 is 0 Å². The van der Waals surface area contributed by atoms with E-state index in [1.807, 2.05) is 24.3 Å². The summed E-state index contributed by atoms with van der Waals surface area (Å²) in [7, 11) is -3.00. The molecule has 0 aliphatic carbocycles. The van der Waals surface area contributed by atoms with E-state index in [1.165, 1.54) is 0 Å². The third kappa shape index (κ3) is 3.90. The van der Waals surface area contributed by atoms with Gasteiger partial charge in [0.05, 0.1) is 11.5 Å². The largest absolute Gasteiger partial charge is 0.352 e. The molecule has 0 saturated carbocycles. The number of benzene rings is 1. The molecule has 2 N–H and O–H groups in total. The van der Waals surface area contributed by atoms with Crippen molar-refractivity contribution in [3.63, 3.8) is 0 Å². The standard InChI is InChI=1S/C16H20N2O4S/c19-15(17-13-7-8-23(21,22)10-13)6-5-12-9-11-3-1-2-4-14(11)18-16(12)20/h1-4,12-13H,5-10H2,(H,17,19)(H,18,20)/t12-,13-/m0/s1. The molecule has 0 spiro atoms. The van der Waals surface area contributed by atoms with Gasteiger partial charge in [0.25, 0.3) is 0 Å². The van der Waals surface area contributed by atoms with Crippen molar-refractivity contribution in [2.24, 2.45) is 5.92 Å². The Labute approximate surface area is 135 Å². The molecule has 1 aromatic rings. The Morgan fingerprint density at radius 2 is 2.09 bits per heavy atom. The number of hydrogen-bond acceptors (Lipinski definition) is 4.